The summed E-state index contributed by atoms with van der Waals surface area (Å²) in [6.07, 6.45) is 6.99. The van der Waals surface area contributed by atoms with Gasteiger partial charge in [0.1, 0.15) is 11.6 Å². The van der Waals surface area contributed by atoms with Crippen LogP contribution in [0.1, 0.15) is 32.1 Å². The minimum absolute atomic E-state index is 0.922. The zero-order valence-electron chi connectivity index (χ0n) is 10.00. The smallest absolute Gasteiger partial charge is 0.128 e. The third-order valence-corrected chi connectivity index (χ3v) is 3.34. The molecule has 2 rings (SSSR count). The molecule has 1 aromatic heterocycles. The standard InChI is InChI=1S/C13H21N3/c1-14-12-7-4-8-13(16-12)15-10-9-11-5-2-3-6-11/h4,7-8,11H,2-3,5-6,9-10H2,1H3,(H2,14,15,16). The molecule has 1 heterocycles. The van der Waals surface area contributed by atoms with Crippen molar-refractivity contribution >= 4 is 11.6 Å². The highest BCUT2D eigenvalue weighted by atomic mass is 15.0. The molecular weight excluding hydrogens is 198 g/mol. The maximum absolute atomic E-state index is 4.43. The molecule has 1 saturated carbocycles. The minimum atomic E-state index is 0.922. The fourth-order valence-corrected chi connectivity index (χ4v) is 2.38. The maximum Gasteiger partial charge on any atom is 0.128 e. The highest BCUT2D eigenvalue weighted by molar-refractivity contribution is 5.44. The van der Waals surface area contributed by atoms with Gasteiger partial charge < -0.3 is 10.6 Å². The van der Waals surface area contributed by atoms with Crippen LogP contribution in [0.25, 0.3) is 0 Å². The average Bonchev–Trinajstić information content (AvgIpc) is 2.82. The van der Waals surface area contributed by atoms with Crippen LogP contribution in [0.5, 0.6) is 0 Å². The van der Waals surface area contributed by atoms with Gasteiger partial charge in [-0.2, -0.15) is 0 Å². The lowest BCUT2D eigenvalue weighted by molar-refractivity contribution is 0.518. The molecule has 16 heavy (non-hydrogen) atoms. The van der Waals surface area contributed by atoms with Crippen molar-refractivity contribution in [3.8, 4) is 0 Å². The van der Waals surface area contributed by atoms with Gasteiger partial charge in [0.05, 0.1) is 0 Å². The van der Waals surface area contributed by atoms with Gasteiger partial charge in [-0.1, -0.05) is 31.7 Å². The van der Waals surface area contributed by atoms with Crippen molar-refractivity contribution in [3.05, 3.63) is 18.2 Å². The van der Waals surface area contributed by atoms with Crippen LogP contribution < -0.4 is 10.6 Å². The number of aromatic nitrogens is 1. The molecule has 0 spiro atoms. The van der Waals surface area contributed by atoms with E-state index in [1.165, 1.54) is 32.1 Å². The summed E-state index contributed by atoms with van der Waals surface area (Å²) in [6, 6.07) is 6.02. The third-order valence-electron chi connectivity index (χ3n) is 3.34. The highest BCUT2D eigenvalue weighted by Crippen LogP contribution is 2.27. The Labute approximate surface area is 97.7 Å². The van der Waals surface area contributed by atoms with Crippen LogP contribution >= 0.6 is 0 Å². The van der Waals surface area contributed by atoms with Crippen molar-refractivity contribution in [1.29, 1.82) is 0 Å². The average molecular weight is 219 g/mol. The van der Waals surface area contributed by atoms with Crippen LogP contribution in [0.2, 0.25) is 0 Å². The van der Waals surface area contributed by atoms with E-state index in [4.69, 9.17) is 0 Å². The van der Waals surface area contributed by atoms with Crippen molar-refractivity contribution in [1.82, 2.24) is 4.98 Å². The topological polar surface area (TPSA) is 37.0 Å². The first kappa shape index (κ1) is 11.2. The van der Waals surface area contributed by atoms with E-state index in [0.717, 1.165) is 24.1 Å². The van der Waals surface area contributed by atoms with Gasteiger partial charge in [0.15, 0.2) is 0 Å². The molecule has 0 bridgehead atoms. The van der Waals surface area contributed by atoms with Crippen molar-refractivity contribution in [2.45, 2.75) is 32.1 Å². The monoisotopic (exact) mass is 219 g/mol. The third kappa shape index (κ3) is 3.12. The summed E-state index contributed by atoms with van der Waals surface area (Å²) < 4.78 is 0. The molecule has 0 aromatic carbocycles. The summed E-state index contributed by atoms with van der Waals surface area (Å²) in [5, 5.41) is 6.44. The first-order valence-electron chi connectivity index (χ1n) is 6.27. The number of rotatable bonds is 5. The van der Waals surface area contributed by atoms with E-state index in [-0.39, 0.29) is 0 Å². The van der Waals surface area contributed by atoms with Gasteiger partial charge in [-0.05, 0) is 24.5 Å². The Kier molecular flexibility index (Phi) is 4.03. The van der Waals surface area contributed by atoms with Crippen LogP contribution in [0.15, 0.2) is 18.2 Å². The molecule has 1 aliphatic rings. The summed E-state index contributed by atoms with van der Waals surface area (Å²) in [5.74, 6) is 2.84. The van der Waals surface area contributed by atoms with E-state index in [1.807, 2.05) is 25.2 Å². The summed E-state index contributed by atoms with van der Waals surface area (Å²) in [5.41, 5.74) is 0. The molecule has 0 saturated heterocycles. The predicted octanol–water partition coefficient (Wildman–Crippen LogP) is 3.12. The minimum Gasteiger partial charge on any atom is -0.373 e. The van der Waals surface area contributed by atoms with Crippen LogP contribution in [0.3, 0.4) is 0 Å². The Balaban J connectivity index is 1.75. The van der Waals surface area contributed by atoms with Crippen LogP contribution in [-0.2, 0) is 0 Å². The van der Waals surface area contributed by atoms with Gasteiger partial charge in [0, 0.05) is 13.6 Å². The maximum atomic E-state index is 4.43. The lowest BCUT2D eigenvalue weighted by Crippen LogP contribution is -2.08. The molecule has 0 unspecified atom stereocenters. The van der Waals surface area contributed by atoms with Crippen molar-refractivity contribution in [2.75, 3.05) is 24.2 Å². The number of pyridine rings is 1. The summed E-state index contributed by atoms with van der Waals surface area (Å²) in [4.78, 5) is 4.43. The summed E-state index contributed by atoms with van der Waals surface area (Å²) >= 11 is 0. The number of nitrogens with zero attached hydrogens (tertiary/aromatic N) is 1. The predicted molar refractivity (Wildman–Crippen MR) is 68.8 cm³/mol. The largest absolute Gasteiger partial charge is 0.373 e. The molecule has 0 amide bonds. The fraction of sp³-hybridized carbons (Fsp3) is 0.615. The Hall–Kier alpha value is -1.25. The molecule has 0 radical (unpaired) electrons. The van der Waals surface area contributed by atoms with E-state index in [0.29, 0.717) is 0 Å². The van der Waals surface area contributed by atoms with Gasteiger partial charge in [-0.3, -0.25) is 0 Å². The molecular formula is C13H21N3. The second-order valence-electron chi connectivity index (χ2n) is 4.52. The molecule has 2 N–H and O–H groups in total. The molecule has 1 fully saturated rings. The van der Waals surface area contributed by atoms with Gasteiger partial charge in [0.25, 0.3) is 0 Å². The van der Waals surface area contributed by atoms with Crippen LogP contribution in [0, 0.1) is 5.92 Å². The van der Waals surface area contributed by atoms with Crippen molar-refractivity contribution in [2.24, 2.45) is 5.92 Å². The van der Waals surface area contributed by atoms with Gasteiger partial charge in [0.2, 0.25) is 0 Å². The lowest BCUT2D eigenvalue weighted by Gasteiger charge is -2.10. The Morgan fingerprint density at radius 3 is 2.75 bits per heavy atom. The van der Waals surface area contributed by atoms with Crippen molar-refractivity contribution in [3.63, 3.8) is 0 Å². The normalized spacial score (nSPS) is 16.3. The van der Waals surface area contributed by atoms with Gasteiger partial charge in [-0.25, -0.2) is 4.98 Å². The van der Waals surface area contributed by atoms with E-state index < -0.39 is 0 Å². The van der Waals surface area contributed by atoms with Gasteiger partial charge >= 0.3 is 0 Å². The Morgan fingerprint density at radius 1 is 1.25 bits per heavy atom. The zero-order valence-corrected chi connectivity index (χ0v) is 10.00. The Morgan fingerprint density at radius 2 is 2.00 bits per heavy atom. The first-order valence-corrected chi connectivity index (χ1v) is 6.27. The number of hydrogen-bond donors (Lipinski definition) is 2. The molecule has 0 aliphatic heterocycles. The fourth-order valence-electron chi connectivity index (χ4n) is 2.38. The summed E-state index contributed by atoms with van der Waals surface area (Å²) in [6.45, 7) is 1.05. The first-order chi connectivity index (χ1) is 7.88. The SMILES string of the molecule is CNc1cccc(NCCC2CCCC2)n1. The number of nitrogens with one attached hydrogen (secondary N) is 2. The summed E-state index contributed by atoms with van der Waals surface area (Å²) in [7, 11) is 1.89. The van der Waals surface area contributed by atoms with Gasteiger partial charge in [-0.15, -0.1) is 0 Å². The highest BCUT2D eigenvalue weighted by Gasteiger charge is 2.13. The molecule has 1 aromatic rings. The van der Waals surface area contributed by atoms with E-state index in [1.54, 1.807) is 0 Å². The molecule has 1 aliphatic carbocycles. The molecule has 88 valence electrons. The van der Waals surface area contributed by atoms with E-state index in [2.05, 4.69) is 15.6 Å². The van der Waals surface area contributed by atoms with Crippen molar-refractivity contribution < 1.29 is 0 Å². The molecule has 3 nitrogen and oxygen atoms in total. The molecule has 0 atom stereocenters. The van der Waals surface area contributed by atoms with Crippen LogP contribution in [0.4, 0.5) is 11.6 Å². The number of anilines is 2. The second-order valence-corrected chi connectivity index (χ2v) is 4.52. The zero-order chi connectivity index (χ0) is 11.2. The van der Waals surface area contributed by atoms with E-state index >= 15 is 0 Å². The number of hydrogen-bond acceptors (Lipinski definition) is 3. The molecule has 3 heteroatoms. The van der Waals surface area contributed by atoms with E-state index in [9.17, 15) is 0 Å². The Bertz CT molecular complexity index is 319. The van der Waals surface area contributed by atoms with Crippen LogP contribution in [-0.4, -0.2) is 18.6 Å². The quantitative estimate of drug-likeness (QED) is 0.799. The lowest BCUT2D eigenvalue weighted by atomic mass is 10.0. The second kappa shape index (κ2) is 5.73.